The highest BCUT2D eigenvalue weighted by Crippen LogP contribution is 2.44. The van der Waals surface area contributed by atoms with Gasteiger partial charge in [0.15, 0.2) is 11.5 Å². The first-order valence-corrected chi connectivity index (χ1v) is 7.82. The minimum atomic E-state index is -0.328. The molecule has 2 aromatic carbocycles. The molecule has 2 rings (SSSR count). The topological polar surface area (TPSA) is 56.8 Å². The van der Waals surface area contributed by atoms with Crippen molar-refractivity contribution in [2.75, 3.05) is 21.3 Å². The highest BCUT2D eigenvalue weighted by Gasteiger charge is 2.22. The average Bonchev–Trinajstić information content (AvgIpc) is 2.60. The SMILES string of the molecule is COc1cc(C(=O)NCc2ccc(F)cc2)c(Br)c(OC)c1OC. The van der Waals surface area contributed by atoms with Crippen LogP contribution in [-0.4, -0.2) is 27.2 Å². The van der Waals surface area contributed by atoms with Gasteiger partial charge in [-0.15, -0.1) is 0 Å². The van der Waals surface area contributed by atoms with Gasteiger partial charge in [0.1, 0.15) is 5.82 Å². The van der Waals surface area contributed by atoms with E-state index >= 15 is 0 Å². The first-order valence-electron chi connectivity index (χ1n) is 7.03. The van der Waals surface area contributed by atoms with Crippen molar-refractivity contribution < 1.29 is 23.4 Å². The third kappa shape index (κ3) is 3.79. The number of benzene rings is 2. The monoisotopic (exact) mass is 397 g/mol. The van der Waals surface area contributed by atoms with Crippen LogP contribution in [0.3, 0.4) is 0 Å². The van der Waals surface area contributed by atoms with Crippen LogP contribution in [-0.2, 0) is 6.54 Å². The van der Waals surface area contributed by atoms with E-state index in [-0.39, 0.29) is 18.3 Å². The molecule has 2 aromatic rings. The summed E-state index contributed by atoms with van der Waals surface area (Å²) in [5.41, 5.74) is 1.12. The summed E-state index contributed by atoms with van der Waals surface area (Å²) in [6, 6.07) is 7.47. The third-order valence-corrected chi connectivity index (χ3v) is 4.17. The van der Waals surface area contributed by atoms with Gasteiger partial charge in [-0.1, -0.05) is 12.1 Å². The van der Waals surface area contributed by atoms with Gasteiger partial charge in [-0.2, -0.15) is 0 Å². The number of hydrogen-bond donors (Lipinski definition) is 1. The quantitative estimate of drug-likeness (QED) is 0.809. The van der Waals surface area contributed by atoms with Crippen molar-refractivity contribution in [2.24, 2.45) is 0 Å². The summed E-state index contributed by atoms with van der Waals surface area (Å²) in [5.74, 6) is 0.484. The van der Waals surface area contributed by atoms with E-state index in [1.54, 1.807) is 18.2 Å². The Labute approximate surface area is 147 Å². The van der Waals surface area contributed by atoms with Crippen molar-refractivity contribution in [3.05, 3.63) is 51.7 Å². The molecule has 128 valence electrons. The minimum Gasteiger partial charge on any atom is -0.493 e. The van der Waals surface area contributed by atoms with Crippen molar-refractivity contribution in [3.8, 4) is 17.2 Å². The summed E-state index contributed by atoms with van der Waals surface area (Å²) in [6.07, 6.45) is 0. The lowest BCUT2D eigenvalue weighted by Gasteiger charge is -2.16. The Hall–Kier alpha value is -2.28. The Morgan fingerprint density at radius 2 is 1.71 bits per heavy atom. The Morgan fingerprint density at radius 3 is 2.25 bits per heavy atom. The number of hydrogen-bond acceptors (Lipinski definition) is 4. The predicted octanol–water partition coefficient (Wildman–Crippen LogP) is 3.54. The number of nitrogens with one attached hydrogen (secondary N) is 1. The van der Waals surface area contributed by atoms with Crippen molar-refractivity contribution in [3.63, 3.8) is 0 Å². The molecule has 0 aliphatic heterocycles. The van der Waals surface area contributed by atoms with Gasteiger partial charge in [0.25, 0.3) is 5.91 Å². The first-order chi connectivity index (χ1) is 11.5. The zero-order valence-corrected chi connectivity index (χ0v) is 15.1. The van der Waals surface area contributed by atoms with Crippen LogP contribution in [0.2, 0.25) is 0 Å². The van der Waals surface area contributed by atoms with E-state index < -0.39 is 0 Å². The molecule has 0 atom stereocenters. The second kappa shape index (κ2) is 8.01. The number of methoxy groups -OCH3 is 3. The van der Waals surface area contributed by atoms with Gasteiger partial charge in [-0.05, 0) is 39.7 Å². The number of halogens is 2. The number of rotatable bonds is 6. The molecule has 0 spiro atoms. The van der Waals surface area contributed by atoms with E-state index in [0.717, 1.165) is 5.56 Å². The van der Waals surface area contributed by atoms with Crippen LogP contribution < -0.4 is 19.5 Å². The molecule has 0 heterocycles. The Bertz CT molecular complexity index is 734. The maximum Gasteiger partial charge on any atom is 0.252 e. The van der Waals surface area contributed by atoms with Crippen molar-refractivity contribution in [1.29, 1.82) is 0 Å². The summed E-state index contributed by atoms with van der Waals surface area (Å²) in [4.78, 5) is 12.5. The summed E-state index contributed by atoms with van der Waals surface area (Å²) >= 11 is 3.36. The summed E-state index contributed by atoms with van der Waals surface area (Å²) in [5, 5.41) is 2.77. The molecule has 0 radical (unpaired) electrons. The van der Waals surface area contributed by atoms with Crippen molar-refractivity contribution in [2.45, 2.75) is 6.54 Å². The van der Waals surface area contributed by atoms with E-state index in [9.17, 15) is 9.18 Å². The molecule has 0 fully saturated rings. The molecule has 5 nitrogen and oxygen atoms in total. The molecule has 0 aromatic heterocycles. The fourth-order valence-electron chi connectivity index (χ4n) is 2.17. The summed E-state index contributed by atoms with van der Waals surface area (Å²) in [7, 11) is 4.44. The normalized spacial score (nSPS) is 10.2. The maximum absolute atomic E-state index is 12.9. The lowest BCUT2D eigenvalue weighted by Crippen LogP contribution is -2.23. The summed E-state index contributed by atoms with van der Waals surface area (Å²) < 4.78 is 29.2. The van der Waals surface area contributed by atoms with Gasteiger partial charge < -0.3 is 19.5 Å². The van der Waals surface area contributed by atoms with Crippen LogP contribution in [0.1, 0.15) is 15.9 Å². The fraction of sp³-hybridized carbons (Fsp3) is 0.235. The molecule has 0 bridgehead atoms. The number of ether oxygens (including phenoxy) is 3. The maximum atomic E-state index is 12.9. The Morgan fingerprint density at radius 1 is 1.08 bits per heavy atom. The van der Waals surface area contributed by atoms with Crippen LogP contribution in [0.4, 0.5) is 4.39 Å². The largest absolute Gasteiger partial charge is 0.493 e. The zero-order valence-electron chi connectivity index (χ0n) is 13.5. The molecule has 0 aliphatic carbocycles. The minimum absolute atomic E-state index is 0.266. The van der Waals surface area contributed by atoms with E-state index in [1.807, 2.05) is 0 Å². The summed E-state index contributed by atoms with van der Waals surface area (Å²) in [6.45, 7) is 0.266. The van der Waals surface area contributed by atoms with Crippen LogP contribution >= 0.6 is 15.9 Å². The standard InChI is InChI=1S/C17H17BrFNO4/c1-22-13-8-12(14(18)16(24-3)15(13)23-2)17(21)20-9-10-4-6-11(19)7-5-10/h4-8H,9H2,1-3H3,(H,20,21). The van der Waals surface area contributed by atoms with Gasteiger partial charge in [0.2, 0.25) is 5.75 Å². The third-order valence-electron chi connectivity index (χ3n) is 3.38. The molecule has 0 saturated heterocycles. The lowest BCUT2D eigenvalue weighted by atomic mass is 10.1. The van der Waals surface area contributed by atoms with E-state index in [0.29, 0.717) is 27.3 Å². The highest BCUT2D eigenvalue weighted by atomic mass is 79.9. The second-order valence-electron chi connectivity index (χ2n) is 4.82. The molecule has 24 heavy (non-hydrogen) atoms. The van der Waals surface area contributed by atoms with Crippen LogP contribution in [0.25, 0.3) is 0 Å². The van der Waals surface area contributed by atoms with Gasteiger partial charge >= 0.3 is 0 Å². The smallest absolute Gasteiger partial charge is 0.252 e. The van der Waals surface area contributed by atoms with Crippen LogP contribution in [0.15, 0.2) is 34.8 Å². The van der Waals surface area contributed by atoms with Gasteiger partial charge in [0, 0.05) is 6.54 Å². The average molecular weight is 398 g/mol. The molecule has 0 saturated carbocycles. The number of carbonyl (C=O) groups excluding carboxylic acids is 1. The van der Waals surface area contributed by atoms with E-state index in [1.165, 1.54) is 33.5 Å². The molecule has 0 unspecified atom stereocenters. The number of amides is 1. The van der Waals surface area contributed by atoms with Gasteiger partial charge in [-0.3, -0.25) is 4.79 Å². The molecule has 0 aliphatic rings. The molecular weight excluding hydrogens is 381 g/mol. The van der Waals surface area contributed by atoms with E-state index in [4.69, 9.17) is 14.2 Å². The van der Waals surface area contributed by atoms with Crippen LogP contribution in [0, 0.1) is 5.82 Å². The lowest BCUT2D eigenvalue weighted by molar-refractivity contribution is 0.0949. The fourth-order valence-corrected chi connectivity index (χ4v) is 2.80. The second-order valence-corrected chi connectivity index (χ2v) is 5.61. The Kier molecular flexibility index (Phi) is 6.03. The Balaban J connectivity index is 2.26. The van der Waals surface area contributed by atoms with Crippen molar-refractivity contribution in [1.82, 2.24) is 5.32 Å². The van der Waals surface area contributed by atoms with Gasteiger partial charge in [0.05, 0.1) is 31.4 Å². The molecule has 7 heteroatoms. The molecular formula is C17H17BrFNO4. The number of carbonyl (C=O) groups is 1. The highest BCUT2D eigenvalue weighted by molar-refractivity contribution is 9.10. The predicted molar refractivity (Wildman–Crippen MR) is 91.4 cm³/mol. The molecule has 1 N–H and O–H groups in total. The zero-order chi connectivity index (χ0) is 17.7. The van der Waals surface area contributed by atoms with Crippen molar-refractivity contribution >= 4 is 21.8 Å². The van der Waals surface area contributed by atoms with Gasteiger partial charge in [-0.25, -0.2) is 4.39 Å². The van der Waals surface area contributed by atoms with E-state index in [2.05, 4.69) is 21.2 Å². The molecule has 1 amide bonds. The van der Waals surface area contributed by atoms with Crippen LogP contribution in [0.5, 0.6) is 17.2 Å². The first kappa shape index (κ1) is 18.1.